The molecule has 1 amide bonds. The maximum absolute atomic E-state index is 11.9. The van der Waals surface area contributed by atoms with Crippen LogP contribution < -0.4 is 5.32 Å². The van der Waals surface area contributed by atoms with E-state index >= 15 is 0 Å². The molecule has 0 fully saturated rings. The number of carbonyl (C=O) groups is 2. The number of halogens is 3. The van der Waals surface area contributed by atoms with Crippen LogP contribution in [0.3, 0.4) is 0 Å². The van der Waals surface area contributed by atoms with Gasteiger partial charge in [-0.2, -0.15) is 13.2 Å². The predicted octanol–water partition coefficient (Wildman–Crippen LogP) is 3.06. The zero-order chi connectivity index (χ0) is 21.0. The van der Waals surface area contributed by atoms with Crippen molar-refractivity contribution in [2.24, 2.45) is 0 Å². The molecule has 1 aliphatic rings. The molecule has 0 spiro atoms. The summed E-state index contributed by atoms with van der Waals surface area (Å²) in [4.78, 5) is 32.6. The zero-order valence-corrected chi connectivity index (χ0v) is 14.8. The van der Waals surface area contributed by atoms with Gasteiger partial charge in [0.05, 0.1) is 11.3 Å². The van der Waals surface area contributed by atoms with Crippen LogP contribution in [0.5, 0.6) is 0 Å². The SMILES string of the molecule is O=C(O)C(F)(F)F.O=C1NCCc2[nH]c(-c3ccnc(-c4ccncc4)c3)cc21. The van der Waals surface area contributed by atoms with Crippen molar-refractivity contribution in [2.45, 2.75) is 12.6 Å². The highest BCUT2D eigenvalue weighted by molar-refractivity contribution is 5.97. The van der Waals surface area contributed by atoms with Gasteiger partial charge in [0, 0.05) is 54.1 Å². The molecule has 3 N–H and O–H groups in total. The lowest BCUT2D eigenvalue weighted by Gasteiger charge is -2.10. The molecule has 3 aromatic heterocycles. The van der Waals surface area contributed by atoms with Gasteiger partial charge in [0.25, 0.3) is 5.91 Å². The standard InChI is InChI=1S/C17H14N4O.C2HF3O2/c22-17-13-10-16(21-14(13)4-8-20-17)12-3-7-19-15(9-12)11-1-5-18-6-2-11;3-2(4,5)1(6)7/h1-3,5-7,9-10,21H,4,8H2,(H,20,22);(H,6,7). The van der Waals surface area contributed by atoms with Crippen molar-refractivity contribution in [3.8, 4) is 22.5 Å². The van der Waals surface area contributed by atoms with Gasteiger partial charge in [-0.25, -0.2) is 4.79 Å². The first kappa shape index (κ1) is 20.1. The number of hydrogen-bond donors (Lipinski definition) is 3. The Balaban J connectivity index is 0.000000298. The molecule has 7 nitrogen and oxygen atoms in total. The highest BCUT2D eigenvalue weighted by atomic mass is 19.4. The molecule has 150 valence electrons. The van der Waals surface area contributed by atoms with Gasteiger partial charge in [-0.15, -0.1) is 0 Å². The number of carboxylic acids is 1. The second-order valence-electron chi connectivity index (χ2n) is 6.05. The predicted molar refractivity (Wildman–Crippen MR) is 97.0 cm³/mol. The number of H-pyrrole nitrogens is 1. The molecule has 1 aliphatic heterocycles. The van der Waals surface area contributed by atoms with Gasteiger partial charge in [0.2, 0.25) is 0 Å². The number of nitrogens with one attached hydrogen (secondary N) is 2. The Morgan fingerprint density at radius 3 is 2.34 bits per heavy atom. The van der Waals surface area contributed by atoms with Crippen molar-refractivity contribution in [3.05, 3.63) is 60.2 Å². The molecule has 0 saturated heterocycles. The van der Waals surface area contributed by atoms with Gasteiger partial charge >= 0.3 is 12.1 Å². The summed E-state index contributed by atoms with van der Waals surface area (Å²) < 4.78 is 31.7. The van der Waals surface area contributed by atoms with E-state index in [-0.39, 0.29) is 5.91 Å². The minimum absolute atomic E-state index is 0.00726. The van der Waals surface area contributed by atoms with Crippen LogP contribution in [0.1, 0.15) is 16.1 Å². The fraction of sp³-hybridized carbons (Fsp3) is 0.158. The number of aliphatic carboxylic acids is 1. The van der Waals surface area contributed by atoms with E-state index in [2.05, 4.69) is 20.3 Å². The van der Waals surface area contributed by atoms with E-state index in [9.17, 15) is 18.0 Å². The van der Waals surface area contributed by atoms with Crippen molar-refractivity contribution in [1.29, 1.82) is 0 Å². The molecule has 10 heteroatoms. The van der Waals surface area contributed by atoms with E-state index in [4.69, 9.17) is 9.90 Å². The third kappa shape index (κ3) is 4.78. The number of carbonyl (C=O) groups excluding carboxylic acids is 1. The summed E-state index contributed by atoms with van der Waals surface area (Å²) in [6.07, 6.45) is 1.04. The summed E-state index contributed by atoms with van der Waals surface area (Å²) in [5.74, 6) is -2.76. The third-order valence-corrected chi connectivity index (χ3v) is 4.09. The summed E-state index contributed by atoms with van der Waals surface area (Å²) in [5.41, 5.74) is 5.61. The summed E-state index contributed by atoms with van der Waals surface area (Å²) in [7, 11) is 0. The Hall–Kier alpha value is -3.69. The summed E-state index contributed by atoms with van der Waals surface area (Å²) in [5, 5.41) is 9.99. The van der Waals surface area contributed by atoms with Crippen LogP contribution in [0.15, 0.2) is 48.9 Å². The van der Waals surface area contributed by atoms with Crippen molar-refractivity contribution in [3.63, 3.8) is 0 Å². The van der Waals surface area contributed by atoms with Gasteiger partial charge in [-0.05, 0) is 30.3 Å². The number of aromatic amines is 1. The Labute approximate surface area is 162 Å². The number of aromatic nitrogens is 3. The normalized spacial score (nSPS) is 13.0. The average Bonchev–Trinajstić information content (AvgIpc) is 3.14. The summed E-state index contributed by atoms with van der Waals surface area (Å²) >= 11 is 0. The van der Waals surface area contributed by atoms with Crippen LogP contribution in [-0.4, -0.2) is 44.7 Å². The Bertz CT molecular complexity index is 1030. The fourth-order valence-electron chi connectivity index (χ4n) is 2.73. The molecule has 0 atom stereocenters. The Kier molecular flexibility index (Phi) is 5.62. The summed E-state index contributed by atoms with van der Waals surface area (Å²) in [6, 6.07) is 9.73. The highest BCUT2D eigenvalue weighted by Crippen LogP contribution is 2.26. The van der Waals surface area contributed by atoms with Gasteiger partial charge < -0.3 is 15.4 Å². The monoisotopic (exact) mass is 404 g/mol. The molecule has 0 aromatic carbocycles. The van der Waals surface area contributed by atoms with E-state index in [0.29, 0.717) is 6.54 Å². The maximum atomic E-state index is 11.9. The van der Waals surface area contributed by atoms with E-state index in [1.807, 2.05) is 30.3 Å². The first-order valence-electron chi connectivity index (χ1n) is 8.42. The number of fused-ring (bicyclic) bond motifs is 1. The minimum Gasteiger partial charge on any atom is -0.475 e. The Morgan fingerprint density at radius 2 is 1.72 bits per heavy atom. The zero-order valence-electron chi connectivity index (χ0n) is 14.8. The van der Waals surface area contributed by atoms with Crippen LogP contribution in [0, 0.1) is 0 Å². The second kappa shape index (κ2) is 8.13. The lowest BCUT2D eigenvalue weighted by molar-refractivity contribution is -0.192. The van der Waals surface area contributed by atoms with Crippen molar-refractivity contribution in [1.82, 2.24) is 20.3 Å². The molecule has 0 unspecified atom stereocenters. The van der Waals surface area contributed by atoms with Crippen LogP contribution >= 0.6 is 0 Å². The molecule has 0 radical (unpaired) electrons. The fourth-order valence-corrected chi connectivity index (χ4v) is 2.73. The molecular formula is C19H15F3N4O3. The van der Waals surface area contributed by atoms with Crippen LogP contribution in [0.25, 0.3) is 22.5 Å². The molecule has 0 aliphatic carbocycles. The highest BCUT2D eigenvalue weighted by Gasteiger charge is 2.38. The summed E-state index contributed by atoms with van der Waals surface area (Å²) in [6.45, 7) is 0.685. The van der Waals surface area contributed by atoms with Gasteiger partial charge in [-0.3, -0.25) is 14.8 Å². The van der Waals surface area contributed by atoms with Crippen molar-refractivity contribution >= 4 is 11.9 Å². The number of alkyl halides is 3. The molecule has 0 saturated carbocycles. The van der Waals surface area contributed by atoms with E-state index in [1.54, 1.807) is 18.6 Å². The van der Waals surface area contributed by atoms with Crippen LogP contribution in [0.4, 0.5) is 13.2 Å². The molecule has 3 aromatic rings. The first-order chi connectivity index (χ1) is 13.8. The topological polar surface area (TPSA) is 108 Å². The smallest absolute Gasteiger partial charge is 0.475 e. The van der Waals surface area contributed by atoms with E-state index in [1.165, 1.54) is 0 Å². The van der Waals surface area contributed by atoms with Gasteiger partial charge in [0.15, 0.2) is 0 Å². The van der Waals surface area contributed by atoms with E-state index < -0.39 is 12.1 Å². The maximum Gasteiger partial charge on any atom is 0.490 e. The van der Waals surface area contributed by atoms with Crippen LogP contribution in [0.2, 0.25) is 0 Å². The van der Waals surface area contributed by atoms with Gasteiger partial charge in [-0.1, -0.05) is 0 Å². The number of hydrogen-bond acceptors (Lipinski definition) is 4. The molecule has 0 bridgehead atoms. The van der Waals surface area contributed by atoms with Crippen LogP contribution in [-0.2, 0) is 11.2 Å². The third-order valence-electron chi connectivity index (χ3n) is 4.09. The average molecular weight is 404 g/mol. The molecule has 4 rings (SSSR count). The Morgan fingerprint density at radius 1 is 1.07 bits per heavy atom. The lowest BCUT2D eigenvalue weighted by atomic mass is 10.1. The number of pyridine rings is 2. The second-order valence-corrected chi connectivity index (χ2v) is 6.05. The number of amides is 1. The van der Waals surface area contributed by atoms with E-state index in [0.717, 1.165) is 40.2 Å². The number of rotatable bonds is 2. The first-order valence-corrected chi connectivity index (χ1v) is 8.42. The largest absolute Gasteiger partial charge is 0.490 e. The minimum atomic E-state index is -5.08. The number of carboxylic acid groups (broad SMARTS) is 1. The molecular weight excluding hydrogens is 389 g/mol. The quantitative estimate of drug-likeness (QED) is 0.609. The molecule has 4 heterocycles. The molecule has 29 heavy (non-hydrogen) atoms. The van der Waals surface area contributed by atoms with Crippen molar-refractivity contribution < 1.29 is 27.9 Å². The lowest BCUT2D eigenvalue weighted by Crippen LogP contribution is -2.31. The van der Waals surface area contributed by atoms with Gasteiger partial charge in [0.1, 0.15) is 0 Å². The van der Waals surface area contributed by atoms with Crippen molar-refractivity contribution in [2.75, 3.05) is 6.54 Å². The number of nitrogens with zero attached hydrogens (tertiary/aromatic N) is 2.